The maximum atomic E-state index is 13.3. The Morgan fingerprint density at radius 2 is 2.28 bits per heavy atom. The number of amides is 1. The number of anilines is 1. The number of halogens is 1. The van der Waals surface area contributed by atoms with Crippen molar-refractivity contribution in [3.8, 4) is 0 Å². The number of aliphatic hydroxyl groups is 1. The van der Waals surface area contributed by atoms with Crippen LogP contribution in [0.4, 0.5) is 10.1 Å². The fraction of sp³-hybridized carbons (Fsp3) is 0.462. The van der Waals surface area contributed by atoms with Crippen LogP contribution in [0, 0.1) is 5.82 Å². The van der Waals surface area contributed by atoms with Crippen LogP contribution >= 0.6 is 0 Å². The van der Waals surface area contributed by atoms with Gasteiger partial charge in [0.25, 0.3) is 5.91 Å². The van der Waals surface area contributed by atoms with Crippen molar-refractivity contribution in [2.75, 3.05) is 18.8 Å². The number of benzene rings is 1. The molecule has 4 nitrogen and oxygen atoms in total. The highest BCUT2D eigenvalue weighted by Crippen LogP contribution is 2.22. The van der Waals surface area contributed by atoms with Crippen molar-refractivity contribution in [3.05, 3.63) is 29.6 Å². The number of nitrogen functional groups attached to an aromatic ring is 1. The van der Waals surface area contributed by atoms with Crippen molar-refractivity contribution >= 4 is 11.6 Å². The van der Waals surface area contributed by atoms with E-state index in [1.54, 1.807) is 11.8 Å². The third-order valence-corrected chi connectivity index (χ3v) is 3.21. The highest BCUT2D eigenvalue weighted by atomic mass is 19.1. The Kier molecular flexibility index (Phi) is 3.26. The van der Waals surface area contributed by atoms with E-state index in [4.69, 9.17) is 5.73 Å². The fourth-order valence-electron chi connectivity index (χ4n) is 2.24. The Balaban J connectivity index is 2.18. The van der Waals surface area contributed by atoms with Crippen LogP contribution in [0.3, 0.4) is 0 Å². The van der Waals surface area contributed by atoms with Crippen LogP contribution in [-0.4, -0.2) is 34.6 Å². The summed E-state index contributed by atoms with van der Waals surface area (Å²) in [6.45, 7) is 2.56. The molecule has 0 saturated carbocycles. The molecule has 0 spiro atoms. The number of hydrogen-bond donors (Lipinski definition) is 2. The zero-order valence-corrected chi connectivity index (χ0v) is 10.3. The number of likely N-dealkylation sites (tertiary alicyclic amines) is 1. The summed E-state index contributed by atoms with van der Waals surface area (Å²) in [5.74, 6) is -0.863. The van der Waals surface area contributed by atoms with Gasteiger partial charge in [-0.3, -0.25) is 4.79 Å². The van der Waals surface area contributed by atoms with E-state index in [9.17, 15) is 14.3 Å². The van der Waals surface area contributed by atoms with Gasteiger partial charge in [0, 0.05) is 18.7 Å². The topological polar surface area (TPSA) is 66.6 Å². The molecule has 1 aliphatic heterocycles. The number of hydrogen-bond acceptors (Lipinski definition) is 3. The Morgan fingerprint density at radius 1 is 1.56 bits per heavy atom. The van der Waals surface area contributed by atoms with Gasteiger partial charge in [-0.15, -0.1) is 0 Å². The van der Waals surface area contributed by atoms with Crippen molar-refractivity contribution in [2.24, 2.45) is 0 Å². The van der Waals surface area contributed by atoms with Gasteiger partial charge in [-0.2, -0.15) is 0 Å². The van der Waals surface area contributed by atoms with Gasteiger partial charge in [0.2, 0.25) is 0 Å². The molecule has 1 aliphatic rings. The quantitative estimate of drug-likeness (QED) is 0.742. The summed E-state index contributed by atoms with van der Waals surface area (Å²) in [6, 6.07) is 4.02. The number of carbonyl (C=O) groups is 1. The molecule has 1 heterocycles. The maximum absolute atomic E-state index is 13.3. The molecule has 2 rings (SSSR count). The second kappa shape index (κ2) is 4.57. The summed E-state index contributed by atoms with van der Waals surface area (Å²) in [5.41, 5.74) is 4.80. The van der Waals surface area contributed by atoms with Crippen molar-refractivity contribution in [1.82, 2.24) is 4.90 Å². The van der Waals surface area contributed by atoms with E-state index in [0.29, 0.717) is 13.0 Å². The van der Waals surface area contributed by atoms with Crippen molar-refractivity contribution in [1.29, 1.82) is 0 Å². The molecule has 1 aromatic carbocycles. The summed E-state index contributed by atoms with van der Waals surface area (Å²) in [7, 11) is 0. The van der Waals surface area contributed by atoms with E-state index >= 15 is 0 Å². The zero-order valence-electron chi connectivity index (χ0n) is 10.3. The lowest BCUT2D eigenvalue weighted by atomic mass is 9.94. The Morgan fingerprint density at radius 3 is 2.89 bits per heavy atom. The van der Waals surface area contributed by atoms with Crippen LogP contribution in [0.2, 0.25) is 0 Å². The first-order valence-corrected chi connectivity index (χ1v) is 5.96. The number of carbonyl (C=O) groups excluding carboxylic acids is 1. The normalized spacial score (nSPS) is 24.1. The fourth-order valence-corrected chi connectivity index (χ4v) is 2.24. The lowest BCUT2D eigenvalue weighted by molar-refractivity contribution is -0.0107. The van der Waals surface area contributed by atoms with Gasteiger partial charge in [-0.1, -0.05) is 0 Å². The van der Waals surface area contributed by atoms with Crippen molar-refractivity contribution < 1.29 is 14.3 Å². The molecule has 1 unspecified atom stereocenters. The minimum Gasteiger partial charge on any atom is -0.396 e. The number of rotatable bonds is 1. The molecule has 1 fully saturated rings. The molecule has 0 aliphatic carbocycles. The highest BCUT2D eigenvalue weighted by Gasteiger charge is 2.31. The minimum absolute atomic E-state index is 0.0252. The average molecular weight is 252 g/mol. The van der Waals surface area contributed by atoms with Crippen LogP contribution in [0.15, 0.2) is 18.2 Å². The smallest absolute Gasteiger partial charge is 0.254 e. The first-order chi connectivity index (χ1) is 8.39. The molecule has 0 radical (unpaired) electrons. The Labute approximate surface area is 105 Å². The van der Waals surface area contributed by atoms with Crippen LogP contribution in [0.1, 0.15) is 30.1 Å². The summed E-state index contributed by atoms with van der Waals surface area (Å²) in [4.78, 5) is 13.7. The number of nitrogens with zero attached hydrogens (tertiary/aromatic N) is 1. The molecule has 0 aromatic heterocycles. The van der Waals surface area contributed by atoms with Gasteiger partial charge in [0.05, 0.1) is 11.3 Å². The number of piperidine rings is 1. The van der Waals surface area contributed by atoms with E-state index < -0.39 is 11.4 Å². The average Bonchev–Trinajstić information content (AvgIpc) is 2.30. The first kappa shape index (κ1) is 12.8. The molecular formula is C13H17FN2O2. The Bertz CT molecular complexity index is 474. The van der Waals surface area contributed by atoms with Crippen LogP contribution in [0.5, 0.6) is 0 Å². The second-order valence-electron chi connectivity index (χ2n) is 5.06. The predicted molar refractivity (Wildman–Crippen MR) is 66.6 cm³/mol. The van der Waals surface area contributed by atoms with Crippen LogP contribution in [0.25, 0.3) is 0 Å². The van der Waals surface area contributed by atoms with Crippen LogP contribution < -0.4 is 5.73 Å². The third-order valence-electron chi connectivity index (χ3n) is 3.21. The lowest BCUT2D eigenvalue weighted by Crippen LogP contribution is -2.48. The van der Waals surface area contributed by atoms with E-state index in [1.165, 1.54) is 12.1 Å². The van der Waals surface area contributed by atoms with E-state index in [2.05, 4.69) is 0 Å². The summed E-state index contributed by atoms with van der Waals surface area (Å²) < 4.78 is 13.3. The highest BCUT2D eigenvalue weighted by molar-refractivity contribution is 5.94. The summed E-state index contributed by atoms with van der Waals surface area (Å²) in [5, 5.41) is 9.95. The van der Waals surface area contributed by atoms with E-state index in [0.717, 1.165) is 12.5 Å². The molecule has 1 amide bonds. The summed E-state index contributed by atoms with van der Waals surface area (Å²) >= 11 is 0. The SMILES string of the molecule is CC1(O)CCCN(C(=O)c2ccc(N)c(F)c2)C1. The van der Waals surface area contributed by atoms with Crippen molar-refractivity contribution in [2.45, 2.75) is 25.4 Å². The monoisotopic (exact) mass is 252 g/mol. The van der Waals surface area contributed by atoms with E-state index in [1.807, 2.05) is 0 Å². The van der Waals surface area contributed by atoms with Gasteiger partial charge < -0.3 is 15.7 Å². The molecule has 18 heavy (non-hydrogen) atoms. The molecule has 5 heteroatoms. The third kappa shape index (κ3) is 2.61. The second-order valence-corrected chi connectivity index (χ2v) is 5.06. The van der Waals surface area contributed by atoms with Gasteiger partial charge in [0.15, 0.2) is 0 Å². The van der Waals surface area contributed by atoms with Gasteiger partial charge >= 0.3 is 0 Å². The molecule has 1 saturated heterocycles. The van der Waals surface area contributed by atoms with Gasteiger partial charge in [-0.05, 0) is 38.0 Å². The molecule has 3 N–H and O–H groups in total. The van der Waals surface area contributed by atoms with Crippen molar-refractivity contribution in [3.63, 3.8) is 0 Å². The van der Waals surface area contributed by atoms with Crippen LogP contribution in [-0.2, 0) is 0 Å². The van der Waals surface area contributed by atoms with Gasteiger partial charge in [0.1, 0.15) is 5.82 Å². The summed E-state index contributed by atoms with van der Waals surface area (Å²) in [6.07, 6.45) is 1.42. The maximum Gasteiger partial charge on any atom is 0.254 e. The molecular weight excluding hydrogens is 235 g/mol. The lowest BCUT2D eigenvalue weighted by Gasteiger charge is -2.36. The number of nitrogens with two attached hydrogens (primary N) is 1. The predicted octanol–water partition coefficient (Wildman–Crippen LogP) is 1.39. The standard InChI is InChI=1S/C13H17FN2O2/c1-13(18)5-2-6-16(8-13)12(17)9-3-4-11(15)10(14)7-9/h3-4,7,18H,2,5-6,8,15H2,1H3. The molecule has 1 aromatic rings. The Hall–Kier alpha value is -1.62. The zero-order chi connectivity index (χ0) is 13.3. The molecule has 0 bridgehead atoms. The molecule has 1 atom stereocenters. The number of β-amino-alcohol motifs (C(OH)–C–C–N with tert-alkyl or cyclic N) is 1. The first-order valence-electron chi connectivity index (χ1n) is 5.96. The largest absolute Gasteiger partial charge is 0.396 e. The molecule has 98 valence electrons. The van der Waals surface area contributed by atoms with E-state index in [-0.39, 0.29) is 23.7 Å². The van der Waals surface area contributed by atoms with Gasteiger partial charge in [-0.25, -0.2) is 4.39 Å². The minimum atomic E-state index is -0.861.